The summed E-state index contributed by atoms with van der Waals surface area (Å²) in [5.41, 5.74) is 1.86. The molecule has 0 saturated carbocycles. The van der Waals surface area contributed by atoms with Gasteiger partial charge in [0.1, 0.15) is 29.5 Å². The lowest BCUT2D eigenvalue weighted by Crippen LogP contribution is -2.46. The molecule has 1 N–H and O–H groups in total. The van der Waals surface area contributed by atoms with Crippen LogP contribution in [0.25, 0.3) is 0 Å². The van der Waals surface area contributed by atoms with E-state index in [4.69, 9.17) is 4.42 Å². The second-order valence-corrected chi connectivity index (χ2v) is 7.29. The van der Waals surface area contributed by atoms with Gasteiger partial charge in [-0.05, 0) is 25.5 Å². The number of benzene rings is 1. The number of carbonyl (C=O) groups is 1. The third-order valence-electron chi connectivity index (χ3n) is 5.13. The van der Waals surface area contributed by atoms with Crippen LogP contribution in [0.1, 0.15) is 27.4 Å². The Labute approximate surface area is 170 Å². The second-order valence-electron chi connectivity index (χ2n) is 7.29. The topological polar surface area (TPSA) is 74.5 Å². The lowest BCUT2D eigenvalue weighted by Gasteiger charge is -2.35. The maximum atomic E-state index is 12.5. The van der Waals surface area contributed by atoms with Gasteiger partial charge in [0, 0.05) is 38.8 Å². The third-order valence-corrected chi connectivity index (χ3v) is 5.13. The van der Waals surface area contributed by atoms with E-state index in [9.17, 15) is 4.79 Å². The molecule has 0 spiro atoms. The summed E-state index contributed by atoms with van der Waals surface area (Å²) in [5, 5.41) is 2.85. The number of aromatic nitrogens is 2. The number of hydrogen-bond acceptors (Lipinski definition) is 6. The average molecular weight is 391 g/mol. The van der Waals surface area contributed by atoms with Gasteiger partial charge in [0.15, 0.2) is 0 Å². The van der Waals surface area contributed by atoms with Crippen molar-refractivity contribution in [3.8, 4) is 0 Å². The minimum Gasteiger partial charge on any atom is -0.466 e. The summed E-state index contributed by atoms with van der Waals surface area (Å²) >= 11 is 0. The van der Waals surface area contributed by atoms with Crippen molar-refractivity contribution in [1.29, 1.82) is 0 Å². The molecule has 1 fully saturated rings. The number of anilines is 2. The minimum atomic E-state index is -0.225. The molecule has 1 aromatic carbocycles. The summed E-state index contributed by atoms with van der Waals surface area (Å²) in [7, 11) is 0. The summed E-state index contributed by atoms with van der Waals surface area (Å²) in [4.78, 5) is 25.8. The number of nitrogens with one attached hydrogen (secondary N) is 1. The Kier molecular flexibility index (Phi) is 5.57. The molecule has 1 saturated heterocycles. The molecule has 7 nitrogen and oxygen atoms in total. The first-order valence-electron chi connectivity index (χ1n) is 9.80. The predicted octanol–water partition coefficient (Wildman–Crippen LogP) is 3.26. The van der Waals surface area contributed by atoms with Gasteiger partial charge in [0.05, 0.1) is 5.56 Å². The van der Waals surface area contributed by atoms with Crippen LogP contribution in [-0.4, -0.2) is 47.0 Å². The average Bonchev–Trinajstić information content (AvgIpc) is 3.08. The van der Waals surface area contributed by atoms with E-state index in [1.165, 1.54) is 11.9 Å². The molecular formula is C22H25N5O2. The SMILES string of the molecule is Cc1cc(C(=O)Nc2cc(N3CCN(Cc4ccccc4)CC3)ncn2)c(C)o1. The Balaban J connectivity index is 1.37. The van der Waals surface area contributed by atoms with E-state index in [-0.39, 0.29) is 5.91 Å². The Morgan fingerprint density at radius 3 is 2.52 bits per heavy atom. The molecule has 1 aliphatic rings. The van der Waals surface area contributed by atoms with Crippen molar-refractivity contribution in [2.24, 2.45) is 0 Å². The lowest BCUT2D eigenvalue weighted by atomic mass is 10.2. The number of nitrogens with zero attached hydrogens (tertiary/aromatic N) is 4. The van der Waals surface area contributed by atoms with Gasteiger partial charge in [0.2, 0.25) is 0 Å². The summed E-state index contributed by atoms with van der Waals surface area (Å²) in [6.45, 7) is 8.27. The summed E-state index contributed by atoms with van der Waals surface area (Å²) in [6, 6.07) is 14.1. The van der Waals surface area contributed by atoms with Crippen molar-refractivity contribution in [3.05, 3.63) is 71.4 Å². The van der Waals surface area contributed by atoms with Crippen LogP contribution < -0.4 is 10.2 Å². The van der Waals surface area contributed by atoms with Gasteiger partial charge < -0.3 is 14.6 Å². The zero-order chi connectivity index (χ0) is 20.2. The molecule has 0 atom stereocenters. The normalized spacial score (nSPS) is 14.8. The number of piperazine rings is 1. The zero-order valence-electron chi connectivity index (χ0n) is 16.8. The first-order chi connectivity index (χ1) is 14.1. The predicted molar refractivity (Wildman–Crippen MR) is 112 cm³/mol. The molecule has 3 heterocycles. The van der Waals surface area contributed by atoms with Crippen LogP contribution in [0.4, 0.5) is 11.6 Å². The second kappa shape index (κ2) is 8.45. The molecular weight excluding hydrogens is 366 g/mol. The molecule has 0 radical (unpaired) electrons. The van der Waals surface area contributed by atoms with Crippen LogP contribution in [0.3, 0.4) is 0 Å². The van der Waals surface area contributed by atoms with E-state index in [1.807, 2.05) is 19.1 Å². The molecule has 7 heteroatoms. The highest BCUT2D eigenvalue weighted by Crippen LogP contribution is 2.19. The quantitative estimate of drug-likeness (QED) is 0.720. The first kappa shape index (κ1) is 19.1. The van der Waals surface area contributed by atoms with Crippen LogP contribution in [0.5, 0.6) is 0 Å². The van der Waals surface area contributed by atoms with Crippen molar-refractivity contribution in [2.75, 3.05) is 36.4 Å². The Hall–Kier alpha value is -3.19. The van der Waals surface area contributed by atoms with Crippen molar-refractivity contribution >= 4 is 17.5 Å². The van der Waals surface area contributed by atoms with Gasteiger partial charge in [-0.1, -0.05) is 30.3 Å². The Morgan fingerprint density at radius 2 is 1.83 bits per heavy atom. The Morgan fingerprint density at radius 1 is 1.07 bits per heavy atom. The smallest absolute Gasteiger partial charge is 0.260 e. The number of amides is 1. The van der Waals surface area contributed by atoms with Crippen LogP contribution in [0.2, 0.25) is 0 Å². The van der Waals surface area contributed by atoms with Gasteiger partial charge in [-0.15, -0.1) is 0 Å². The molecule has 0 unspecified atom stereocenters. The van der Waals surface area contributed by atoms with Crippen LogP contribution in [0.15, 0.2) is 53.2 Å². The monoisotopic (exact) mass is 391 g/mol. The molecule has 4 rings (SSSR count). The number of carbonyl (C=O) groups excluding carboxylic acids is 1. The van der Waals surface area contributed by atoms with Crippen molar-refractivity contribution in [1.82, 2.24) is 14.9 Å². The van der Waals surface area contributed by atoms with Crippen LogP contribution in [0, 0.1) is 13.8 Å². The van der Waals surface area contributed by atoms with Gasteiger partial charge in [-0.3, -0.25) is 9.69 Å². The van der Waals surface area contributed by atoms with Gasteiger partial charge in [0.25, 0.3) is 5.91 Å². The fraction of sp³-hybridized carbons (Fsp3) is 0.318. The summed E-state index contributed by atoms with van der Waals surface area (Å²) in [5.74, 6) is 2.41. The van der Waals surface area contributed by atoms with Crippen molar-refractivity contribution in [2.45, 2.75) is 20.4 Å². The van der Waals surface area contributed by atoms with Crippen LogP contribution >= 0.6 is 0 Å². The standard InChI is InChI=1S/C22H25N5O2/c1-16-12-19(17(2)29-16)22(28)25-20-13-21(24-15-23-20)27-10-8-26(9-11-27)14-18-6-4-3-5-7-18/h3-7,12-13,15H,8-11,14H2,1-2H3,(H,23,24,25,28). The molecule has 2 aromatic heterocycles. The number of hydrogen-bond donors (Lipinski definition) is 1. The van der Waals surface area contributed by atoms with Gasteiger partial charge in [-0.25, -0.2) is 9.97 Å². The number of furan rings is 1. The minimum absolute atomic E-state index is 0.225. The maximum Gasteiger partial charge on any atom is 0.260 e. The van der Waals surface area contributed by atoms with Gasteiger partial charge >= 0.3 is 0 Å². The van der Waals surface area contributed by atoms with E-state index in [1.54, 1.807) is 13.0 Å². The number of rotatable bonds is 5. The molecule has 29 heavy (non-hydrogen) atoms. The lowest BCUT2D eigenvalue weighted by molar-refractivity contribution is 0.102. The molecule has 1 amide bonds. The van der Waals surface area contributed by atoms with E-state index >= 15 is 0 Å². The maximum absolute atomic E-state index is 12.5. The summed E-state index contributed by atoms with van der Waals surface area (Å²) in [6.07, 6.45) is 1.49. The van der Waals surface area contributed by atoms with E-state index in [2.05, 4.69) is 49.4 Å². The number of aryl methyl sites for hydroxylation is 2. The van der Waals surface area contributed by atoms with E-state index < -0.39 is 0 Å². The molecule has 3 aromatic rings. The highest BCUT2D eigenvalue weighted by atomic mass is 16.3. The van der Waals surface area contributed by atoms with Crippen molar-refractivity contribution in [3.63, 3.8) is 0 Å². The van der Waals surface area contributed by atoms with E-state index in [0.717, 1.165) is 38.5 Å². The van der Waals surface area contributed by atoms with E-state index in [0.29, 0.717) is 22.9 Å². The van der Waals surface area contributed by atoms with Gasteiger partial charge in [-0.2, -0.15) is 0 Å². The van der Waals surface area contributed by atoms with Crippen LogP contribution in [-0.2, 0) is 6.54 Å². The zero-order valence-corrected chi connectivity index (χ0v) is 16.8. The highest BCUT2D eigenvalue weighted by molar-refractivity contribution is 6.04. The third kappa shape index (κ3) is 4.63. The fourth-order valence-corrected chi connectivity index (χ4v) is 3.60. The fourth-order valence-electron chi connectivity index (χ4n) is 3.60. The van der Waals surface area contributed by atoms with Crippen molar-refractivity contribution < 1.29 is 9.21 Å². The first-order valence-corrected chi connectivity index (χ1v) is 9.80. The Bertz CT molecular complexity index is 978. The summed E-state index contributed by atoms with van der Waals surface area (Å²) < 4.78 is 5.44. The molecule has 0 aliphatic carbocycles. The molecule has 0 bridgehead atoms. The molecule has 1 aliphatic heterocycles. The highest BCUT2D eigenvalue weighted by Gasteiger charge is 2.19. The molecule has 150 valence electrons. The largest absolute Gasteiger partial charge is 0.466 e.